The van der Waals surface area contributed by atoms with Crippen molar-refractivity contribution in [2.45, 2.75) is 95.4 Å². The number of primary sulfonamides is 1. The minimum atomic E-state index is -3.52. The number of sulfonamides is 1. The Morgan fingerprint density at radius 1 is 1.14 bits per heavy atom. The Kier molecular flexibility index (Phi) is 10.6. The van der Waals surface area contributed by atoms with E-state index in [1.807, 2.05) is 18.2 Å². The maximum atomic E-state index is 12.7. The molecule has 0 amide bonds. The number of hydrogen-bond acceptors (Lipinski definition) is 7. The number of aryl methyl sites for hydroxylation is 1. The van der Waals surface area contributed by atoms with Crippen molar-refractivity contribution < 1.29 is 27.1 Å². The first kappa shape index (κ1) is 37.4. The molecule has 2 N–H and O–H groups in total. The van der Waals surface area contributed by atoms with Gasteiger partial charge in [-0.2, -0.15) is 0 Å². The third kappa shape index (κ3) is 7.84. The molecule has 2 fully saturated rings. The second-order valence-corrected chi connectivity index (χ2v) is 23.7. The molecule has 0 aromatic heterocycles. The van der Waals surface area contributed by atoms with Crippen molar-refractivity contribution in [1.29, 1.82) is 0 Å². The van der Waals surface area contributed by atoms with Crippen LogP contribution in [0, 0.1) is 23.7 Å². The summed E-state index contributed by atoms with van der Waals surface area (Å²) < 4.78 is 42.7. The molecule has 2 aromatic carbocycles. The molecule has 0 saturated heterocycles. The zero-order valence-electron chi connectivity index (χ0n) is 30.5. The summed E-state index contributed by atoms with van der Waals surface area (Å²) in [5, 5.41) is 6.23. The molecular formula is C39H55ClN2O6SSi. The van der Waals surface area contributed by atoms with Gasteiger partial charge in [-0.05, 0) is 128 Å². The molecule has 8 nitrogen and oxygen atoms in total. The number of carbonyl (C=O) groups excluding carboxylic acids is 1. The minimum Gasteiger partial charge on any atom is -0.490 e. The highest BCUT2D eigenvalue weighted by molar-refractivity contribution is 7.89. The second-order valence-electron chi connectivity index (χ2n) is 16.8. The number of ether oxygens (including phenoxy) is 2. The van der Waals surface area contributed by atoms with E-state index in [9.17, 15) is 13.2 Å². The van der Waals surface area contributed by atoms with Gasteiger partial charge in [0, 0.05) is 23.5 Å². The molecule has 11 heteroatoms. The molecule has 4 aliphatic rings. The Bertz CT molecular complexity index is 1730. The fourth-order valence-corrected chi connectivity index (χ4v) is 10.8. The van der Waals surface area contributed by atoms with Crippen LogP contribution in [-0.4, -0.2) is 61.4 Å². The van der Waals surface area contributed by atoms with E-state index >= 15 is 0 Å². The standard InChI is InChI=1S/C39H55ClN2O6SSi/c1-38(2,3)50(5,6)48-35(17-12-26-9-10-30(26)23-49(41,44)45)32-15-11-29(32)22-42-24-39(19-7-8-27-20-31(40)14-16-33(27)39)25-47-36-18-13-28(21-34(36)42)37(43)46-4/h12-14,16-18,20-21,26,29-30,32,35H,7-11,15,19,22-25H2,1-6H3,(H2,41,44,45)/b17-12+/t26-,29+,30-,32-,35+,39+/m1/s1. The monoisotopic (exact) mass is 742 g/mol. The molecule has 1 aliphatic heterocycles. The minimum absolute atomic E-state index is 0.0307. The zero-order valence-corrected chi connectivity index (χ0v) is 33.1. The maximum absolute atomic E-state index is 12.7. The van der Waals surface area contributed by atoms with Crippen LogP contribution in [0.15, 0.2) is 48.6 Å². The van der Waals surface area contributed by atoms with Crippen molar-refractivity contribution in [2.24, 2.45) is 28.8 Å². The molecule has 274 valence electrons. The van der Waals surface area contributed by atoms with Gasteiger partial charge >= 0.3 is 5.97 Å². The summed E-state index contributed by atoms with van der Waals surface area (Å²) in [6, 6.07) is 11.9. The SMILES string of the molecule is COC(=O)c1ccc2c(c1)N(C[C@@H]1CC[C@H]1[C@H](/C=C/[C@H]1CC[C@@H]1CS(N)(=O)=O)O[Si](C)(C)C(C)(C)C)C[C@@]1(CCCc3cc(Cl)ccc31)CO2. The van der Waals surface area contributed by atoms with Gasteiger partial charge in [-0.15, -0.1) is 0 Å². The van der Waals surface area contributed by atoms with Crippen LogP contribution in [0.25, 0.3) is 0 Å². The van der Waals surface area contributed by atoms with E-state index < -0.39 is 18.3 Å². The maximum Gasteiger partial charge on any atom is 0.337 e. The second kappa shape index (κ2) is 14.2. The molecule has 2 aromatic rings. The van der Waals surface area contributed by atoms with Crippen LogP contribution in [0.1, 0.15) is 80.8 Å². The average molecular weight is 743 g/mol. The van der Waals surface area contributed by atoms with Crippen LogP contribution in [0.2, 0.25) is 23.2 Å². The predicted octanol–water partition coefficient (Wildman–Crippen LogP) is 7.89. The van der Waals surface area contributed by atoms with E-state index in [1.54, 1.807) is 6.07 Å². The normalized spacial score (nSPS) is 27.4. The largest absolute Gasteiger partial charge is 0.490 e. The first-order chi connectivity index (χ1) is 23.5. The van der Waals surface area contributed by atoms with Crippen LogP contribution in [0.5, 0.6) is 5.75 Å². The predicted molar refractivity (Wildman–Crippen MR) is 203 cm³/mol. The molecule has 0 unspecified atom stereocenters. The van der Waals surface area contributed by atoms with Crippen LogP contribution in [0.3, 0.4) is 0 Å². The van der Waals surface area contributed by atoms with E-state index in [0.717, 1.165) is 74.5 Å². The summed E-state index contributed by atoms with van der Waals surface area (Å²) in [6.45, 7) is 13.6. The van der Waals surface area contributed by atoms with Gasteiger partial charge in [0.25, 0.3) is 0 Å². The van der Waals surface area contributed by atoms with Gasteiger partial charge in [0.2, 0.25) is 10.0 Å². The molecule has 3 aliphatic carbocycles. The number of carbonyl (C=O) groups is 1. The number of nitrogens with two attached hydrogens (primary N) is 1. The zero-order chi connectivity index (χ0) is 36.1. The number of allylic oxidation sites excluding steroid dienone is 1. The number of hydrogen-bond donors (Lipinski definition) is 1. The van der Waals surface area contributed by atoms with Crippen LogP contribution >= 0.6 is 11.6 Å². The lowest BCUT2D eigenvalue weighted by Gasteiger charge is -2.48. The third-order valence-electron chi connectivity index (χ3n) is 12.5. The van der Waals surface area contributed by atoms with Crippen LogP contribution in [0.4, 0.5) is 5.69 Å². The van der Waals surface area contributed by atoms with E-state index in [-0.39, 0.29) is 40.1 Å². The topological polar surface area (TPSA) is 108 Å². The quantitative estimate of drug-likeness (QED) is 0.150. The number of fused-ring (bicyclic) bond motifs is 3. The molecule has 50 heavy (non-hydrogen) atoms. The van der Waals surface area contributed by atoms with E-state index in [2.05, 4.69) is 63.0 Å². The summed E-state index contributed by atoms with van der Waals surface area (Å²) in [5.41, 5.74) is 3.81. The van der Waals surface area contributed by atoms with Crippen molar-refractivity contribution in [2.75, 3.05) is 37.5 Å². The number of halogens is 1. The van der Waals surface area contributed by atoms with Crippen molar-refractivity contribution in [3.05, 3.63) is 70.3 Å². The lowest BCUT2D eigenvalue weighted by atomic mass is 9.68. The van der Waals surface area contributed by atoms with Gasteiger partial charge in [0.05, 0.1) is 36.8 Å². The van der Waals surface area contributed by atoms with Crippen LogP contribution in [-0.2, 0) is 31.0 Å². The molecule has 6 rings (SSSR count). The molecule has 6 atom stereocenters. The molecular weight excluding hydrogens is 688 g/mol. The van der Waals surface area contributed by atoms with Gasteiger partial charge < -0.3 is 18.8 Å². The summed E-state index contributed by atoms with van der Waals surface area (Å²) in [5.74, 6) is 1.37. The number of benzene rings is 2. The number of esters is 1. The Morgan fingerprint density at radius 2 is 1.90 bits per heavy atom. The number of methoxy groups -OCH3 is 1. The molecule has 1 heterocycles. The summed E-state index contributed by atoms with van der Waals surface area (Å²) in [4.78, 5) is 15.2. The molecule has 2 saturated carbocycles. The smallest absolute Gasteiger partial charge is 0.337 e. The lowest BCUT2D eigenvalue weighted by molar-refractivity contribution is 0.0519. The average Bonchev–Trinajstić information content (AvgIpc) is 3.16. The Labute approximate surface area is 305 Å². The highest BCUT2D eigenvalue weighted by atomic mass is 35.5. The molecule has 0 radical (unpaired) electrons. The fourth-order valence-electron chi connectivity index (χ4n) is 8.29. The van der Waals surface area contributed by atoms with Crippen molar-refractivity contribution in [3.63, 3.8) is 0 Å². The molecule has 1 spiro atoms. The number of nitrogens with zero attached hydrogens (tertiary/aromatic N) is 1. The summed E-state index contributed by atoms with van der Waals surface area (Å²) in [6.07, 6.45) is 11.5. The van der Waals surface area contributed by atoms with Crippen molar-refractivity contribution in [3.8, 4) is 5.75 Å². The van der Waals surface area contributed by atoms with E-state index in [4.69, 9.17) is 30.6 Å². The van der Waals surface area contributed by atoms with Gasteiger partial charge in [0.15, 0.2) is 8.32 Å². The Hall–Kier alpha value is -2.37. The van der Waals surface area contributed by atoms with Crippen molar-refractivity contribution >= 4 is 41.6 Å². The van der Waals surface area contributed by atoms with E-state index in [1.165, 1.54) is 18.2 Å². The number of anilines is 1. The van der Waals surface area contributed by atoms with E-state index in [0.29, 0.717) is 24.0 Å². The van der Waals surface area contributed by atoms with Gasteiger partial charge in [-0.3, -0.25) is 0 Å². The lowest BCUT2D eigenvalue weighted by Crippen LogP contribution is -2.52. The van der Waals surface area contributed by atoms with Crippen molar-refractivity contribution in [1.82, 2.24) is 0 Å². The van der Waals surface area contributed by atoms with Crippen LogP contribution < -0.4 is 14.8 Å². The van der Waals surface area contributed by atoms with Gasteiger partial charge in [0.1, 0.15) is 5.75 Å². The Balaban J connectivity index is 1.32. The first-order valence-corrected chi connectivity index (χ1v) is 23.2. The number of rotatable bonds is 10. The summed E-state index contributed by atoms with van der Waals surface area (Å²) in [7, 11) is -4.25. The van der Waals surface area contributed by atoms with Gasteiger partial charge in [-0.25, -0.2) is 18.4 Å². The molecule has 0 bridgehead atoms. The third-order valence-corrected chi connectivity index (χ3v) is 18.1. The highest BCUT2D eigenvalue weighted by Gasteiger charge is 2.47. The summed E-state index contributed by atoms with van der Waals surface area (Å²) >= 11 is 6.48. The first-order valence-electron chi connectivity index (χ1n) is 18.2. The Morgan fingerprint density at radius 3 is 2.54 bits per heavy atom. The highest BCUT2D eigenvalue weighted by Crippen LogP contribution is 2.48. The van der Waals surface area contributed by atoms with Gasteiger partial charge in [-0.1, -0.05) is 50.6 Å². The fraction of sp³-hybridized carbons (Fsp3) is 0.615.